The van der Waals surface area contributed by atoms with Gasteiger partial charge in [0.2, 0.25) is 0 Å². The van der Waals surface area contributed by atoms with Crippen molar-refractivity contribution in [1.82, 2.24) is 40.0 Å². The van der Waals surface area contributed by atoms with Crippen molar-refractivity contribution < 1.29 is 4.39 Å². The molecule has 0 fully saturated rings. The number of halogens is 1. The zero-order valence-electron chi connectivity index (χ0n) is 26.0. The molecule has 0 atom stereocenters. The van der Waals surface area contributed by atoms with Crippen molar-refractivity contribution >= 4 is 33.6 Å². The van der Waals surface area contributed by atoms with Gasteiger partial charge >= 0.3 is 0 Å². The van der Waals surface area contributed by atoms with Crippen molar-refractivity contribution in [2.75, 3.05) is 37.8 Å². The molecule has 0 saturated heterocycles. The molecule has 0 radical (unpaired) electrons. The molecule has 0 bridgehead atoms. The molecule has 5 heterocycles. The van der Waals surface area contributed by atoms with Crippen LogP contribution >= 0.6 is 0 Å². The van der Waals surface area contributed by atoms with E-state index >= 15 is 0 Å². The van der Waals surface area contributed by atoms with E-state index in [1.807, 2.05) is 62.6 Å². The van der Waals surface area contributed by atoms with Gasteiger partial charge in [-0.2, -0.15) is 5.10 Å². The summed E-state index contributed by atoms with van der Waals surface area (Å²) < 4.78 is 14.7. The van der Waals surface area contributed by atoms with E-state index in [0.29, 0.717) is 52.4 Å². The molecule has 0 saturated carbocycles. The quantitative estimate of drug-likeness (QED) is 0.123. The third kappa shape index (κ3) is 6.56. The Labute approximate surface area is 270 Å². The predicted molar refractivity (Wildman–Crippen MR) is 185 cm³/mol. The second-order valence-electron chi connectivity index (χ2n) is 11.6. The largest absolute Gasteiger partial charge is 0.384 e. The lowest BCUT2D eigenvalue weighted by Crippen LogP contribution is -2.20. The van der Waals surface area contributed by atoms with E-state index in [9.17, 15) is 4.39 Å². The molecule has 0 aliphatic carbocycles. The van der Waals surface area contributed by atoms with E-state index in [4.69, 9.17) is 9.97 Å². The number of pyridine rings is 3. The SMILES string of the molecule is C=C(Cc1ccccc1)Nc1cncc(-c2ccc3[nH]nc(-c4nc5nccc(-c6cc(F)cc(NCCN(C)C)c6)c5[nH]4)c3n2)c1. The number of allylic oxidation sites excluding steroid dienone is 1. The second-order valence-corrected chi connectivity index (χ2v) is 11.6. The summed E-state index contributed by atoms with van der Waals surface area (Å²) in [6.45, 7) is 5.71. The van der Waals surface area contributed by atoms with E-state index in [0.717, 1.165) is 40.3 Å². The average molecular weight is 625 g/mol. The Hall–Kier alpha value is -5.94. The highest BCUT2D eigenvalue weighted by molar-refractivity contribution is 5.95. The summed E-state index contributed by atoms with van der Waals surface area (Å²) in [6.07, 6.45) is 5.92. The number of anilines is 2. The number of hydrogen-bond donors (Lipinski definition) is 4. The third-order valence-electron chi connectivity index (χ3n) is 7.74. The highest BCUT2D eigenvalue weighted by atomic mass is 19.1. The van der Waals surface area contributed by atoms with Crippen LogP contribution in [0.4, 0.5) is 15.8 Å². The van der Waals surface area contributed by atoms with Crippen molar-refractivity contribution in [3.05, 3.63) is 115 Å². The van der Waals surface area contributed by atoms with Gasteiger partial charge < -0.3 is 20.5 Å². The summed E-state index contributed by atoms with van der Waals surface area (Å²) in [7, 11) is 4.00. The molecule has 7 rings (SSSR count). The lowest BCUT2D eigenvalue weighted by molar-refractivity contribution is 0.425. The first-order valence-electron chi connectivity index (χ1n) is 15.2. The molecule has 234 valence electrons. The number of aromatic nitrogens is 7. The van der Waals surface area contributed by atoms with Crippen molar-refractivity contribution in [3.8, 4) is 33.9 Å². The van der Waals surface area contributed by atoms with Crippen LogP contribution < -0.4 is 10.6 Å². The van der Waals surface area contributed by atoms with Crippen LogP contribution in [-0.4, -0.2) is 67.2 Å². The molecular formula is C36H33FN10. The molecule has 11 heteroatoms. The Balaban J connectivity index is 1.18. The molecule has 0 spiro atoms. The second kappa shape index (κ2) is 12.8. The van der Waals surface area contributed by atoms with E-state index in [2.05, 4.69) is 59.4 Å². The Morgan fingerprint density at radius 3 is 2.64 bits per heavy atom. The fraction of sp³-hybridized carbons (Fsp3) is 0.139. The average Bonchev–Trinajstić information content (AvgIpc) is 3.69. The van der Waals surface area contributed by atoms with Gasteiger partial charge in [0.05, 0.1) is 28.6 Å². The topological polar surface area (TPSA) is 123 Å². The number of nitrogens with one attached hydrogen (secondary N) is 4. The van der Waals surface area contributed by atoms with Gasteiger partial charge in [-0.3, -0.25) is 10.1 Å². The fourth-order valence-electron chi connectivity index (χ4n) is 5.50. The van der Waals surface area contributed by atoms with E-state index in [-0.39, 0.29) is 5.82 Å². The van der Waals surface area contributed by atoms with Gasteiger partial charge in [0.25, 0.3) is 0 Å². The van der Waals surface area contributed by atoms with Gasteiger partial charge in [0.15, 0.2) is 17.2 Å². The molecule has 10 nitrogen and oxygen atoms in total. The molecule has 0 unspecified atom stereocenters. The van der Waals surface area contributed by atoms with Crippen molar-refractivity contribution in [2.24, 2.45) is 0 Å². The van der Waals surface area contributed by atoms with Gasteiger partial charge in [-0.25, -0.2) is 19.3 Å². The standard InChI is InChI=1S/C36H33FN10/c1-22(15-23-7-5-4-6-8-23)41-28-18-25(20-38-21-28)30-9-10-31-33(42-30)34(46-45-31)36-43-32-29(11-12-40-35(32)44-36)24-16-26(37)19-27(17-24)39-13-14-47(2)3/h4-12,16-21,39,41H,1,13-15H2,2-3H3,(H,45,46)(H,40,43,44). The number of fused-ring (bicyclic) bond motifs is 2. The lowest BCUT2D eigenvalue weighted by Gasteiger charge is -2.13. The van der Waals surface area contributed by atoms with Gasteiger partial charge in [0.1, 0.15) is 11.3 Å². The first-order valence-corrected chi connectivity index (χ1v) is 15.2. The zero-order valence-corrected chi connectivity index (χ0v) is 26.0. The Bertz CT molecular complexity index is 2200. The number of rotatable bonds is 11. The van der Waals surface area contributed by atoms with Gasteiger partial charge in [-0.05, 0) is 67.7 Å². The van der Waals surface area contributed by atoms with Crippen LogP contribution in [0.3, 0.4) is 0 Å². The minimum absolute atomic E-state index is 0.330. The first kappa shape index (κ1) is 29.8. The smallest absolute Gasteiger partial charge is 0.178 e. The van der Waals surface area contributed by atoms with Crippen LogP contribution in [0, 0.1) is 5.82 Å². The monoisotopic (exact) mass is 624 g/mol. The maximum absolute atomic E-state index is 14.7. The third-order valence-corrected chi connectivity index (χ3v) is 7.74. The maximum atomic E-state index is 14.7. The molecular weight excluding hydrogens is 591 g/mol. The minimum Gasteiger partial charge on any atom is -0.384 e. The Kier molecular flexibility index (Phi) is 8.11. The van der Waals surface area contributed by atoms with Crippen molar-refractivity contribution in [1.29, 1.82) is 0 Å². The zero-order chi connectivity index (χ0) is 32.3. The lowest BCUT2D eigenvalue weighted by atomic mass is 10.0. The molecule has 4 N–H and O–H groups in total. The molecule has 7 aromatic rings. The number of benzene rings is 2. The molecule has 0 aliphatic rings. The molecule has 5 aromatic heterocycles. The fourth-order valence-corrected chi connectivity index (χ4v) is 5.50. The van der Waals surface area contributed by atoms with E-state index < -0.39 is 0 Å². The summed E-state index contributed by atoms with van der Waals surface area (Å²) in [5, 5.41) is 14.3. The van der Waals surface area contributed by atoms with Crippen LogP contribution in [-0.2, 0) is 6.42 Å². The highest BCUT2D eigenvalue weighted by Gasteiger charge is 2.18. The van der Waals surface area contributed by atoms with Gasteiger partial charge in [-0.15, -0.1) is 0 Å². The molecule has 0 aliphatic heterocycles. The number of hydrogen-bond acceptors (Lipinski definition) is 8. The number of imidazole rings is 1. The number of likely N-dealkylation sites (N-methyl/N-ethyl adjacent to an activating group) is 1. The van der Waals surface area contributed by atoms with E-state index in [1.165, 1.54) is 17.7 Å². The summed E-state index contributed by atoms with van der Waals surface area (Å²) >= 11 is 0. The molecule has 47 heavy (non-hydrogen) atoms. The van der Waals surface area contributed by atoms with Crippen LogP contribution in [0.25, 0.3) is 56.1 Å². The van der Waals surface area contributed by atoms with Crippen LogP contribution in [0.2, 0.25) is 0 Å². The highest BCUT2D eigenvalue weighted by Crippen LogP contribution is 2.33. The summed E-state index contributed by atoms with van der Waals surface area (Å²) in [4.78, 5) is 24.1. The van der Waals surface area contributed by atoms with Crippen molar-refractivity contribution in [3.63, 3.8) is 0 Å². The van der Waals surface area contributed by atoms with Gasteiger partial charge in [0, 0.05) is 54.4 Å². The van der Waals surface area contributed by atoms with Gasteiger partial charge in [-0.1, -0.05) is 36.9 Å². The maximum Gasteiger partial charge on any atom is 0.178 e. The number of aromatic amines is 2. The summed E-state index contributed by atoms with van der Waals surface area (Å²) in [6, 6.07) is 22.8. The number of H-pyrrole nitrogens is 2. The predicted octanol–water partition coefficient (Wildman–Crippen LogP) is 6.91. The van der Waals surface area contributed by atoms with Crippen LogP contribution in [0.15, 0.2) is 104 Å². The number of nitrogens with zero attached hydrogens (tertiary/aromatic N) is 6. The van der Waals surface area contributed by atoms with Crippen molar-refractivity contribution in [2.45, 2.75) is 6.42 Å². The Morgan fingerprint density at radius 1 is 0.936 bits per heavy atom. The summed E-state index contributed by atoms with van der Waals surface area (Å²) in [5.74, 6) is 0.172. The van der Waals surface area contributed by atoms with Crippen LogP contribution in [0.1, 0.15) is 5.56 Å². The Morgan fingerprint density at radius 2 is 1.79 bits per heavy atom. The molecule has 2 aromatic carbocycles. The van der Waals surface area contributed by atoms with Crippen LogP contribution in [0.5, 0.6) is 0 Å². The first-order chi connectivity index (χ1) is 22.9. The summed E-state index contributed by atoms with van der Waals surface area (Å²) in [5.41, 5.74) is 9.75. The normalized spacial score (nSPS) is 11.4. The minimum atomic E-state index is -0.330. The molecule has 0 amide bonds. The van der Waals surface area contributed by atoms with E-state index in [1.54, 1.807) is 18.6 Å².